The molecule has 0 radical (unpaired) electrons. The number of carbonyl (C=O) groups excluding carboxylic acids is 2. The van der Waals surface area contributed by atoms with E-state index in [1.54, 1.807) is 6.07 Å². The fourth-order valence-electron chi connectivity index (χ4n) is 2.84. The number of aromatic nitrogens is 1. The van der Waals surface area contributed by atoms with Gasteiger partial charge in [0.2, 0.25) is 0 Å². The molecule has 1 aliphatic rings. The minimum Gasteiger partial charge on any atom is -0.329 e. The molecule has 1 aliphatic heterocycles. The maximum absolute atomic E-state index is 13.4. The summed E-state index contributed by atoms with van der Waals surface area (Å²) in [6.07, 6.45) is 1.24. The van der Waals surface area contributed by atoms with Crippen molar-refractivity contribution in [1.29, 1.82) is 0 Å². The highest BCUT2D eigenvalue weighted by molar-refractivity contribution is 7.12. The van der Waals surface area contributed by atoms with E-state index in [9.17, 15) is 27.6 Å². The Morgan fingerprint density at radius 2 is 1.81 bits per heavy atom. The Labute approximate surface area is 151 Å². The van der Waals surface area contributed by atoms with Crippen molar-refractivity contribution in [3.63, 3.8) is 0 Å². The van der Waals surface area contributed by atoms with Gasteiger partial charge in [-0.15, -0.1) is 0 Å². The van der Waals surface area contributed by atoms with Gasteiger partial charge in [0.1, 0.15) is 0 Å². The van der Waals surface area contributed by atoms with Crippen LogP contribution < -0.4 is 5.56 Å². The Hall–Kier alpha value is -3.17. The Bertz CT molecular complexity index is 999. The molecule has 0 unspecified atom stereocenters. The monoisotopic (exact) mass is 375 g/mol. The van der Waals surface area contributed by atoms with Gasteiger partial charge in [-0.3, -0.25) is 14.5 Å². The molecule has 3 rings (SSSR count). The molecule has 0 bridgehead atoms. The van der Waals surface area contributed by atoms with E-state index in [1.807, 2.05) is 0 Å². The standard InChI is InChI=1S/C17H13BF3N3O3/c1-9-18(7-10-5-12(19)14(21)13(20)6-10)16(26)24(17(27)23-9)8-11-3-2-4-22-15(11)25/h2-6H,7-8H2,1H3,(H,22,25). The summed E-state index contributed by atoms with van der Waals surface area (Å²) in [7, 11) is 0. The Morgan fingerprint density at radius 1 is 1.15 bits per heavy atom. The van der Waals surface area contributed by atoms with Crippen molar-refractivity contribution in [2.45, 2.75) is 19.8 Å². The molecule has 0 saturated heterocycles. The number of amides is 3. The molecule has 2 heterocycles. The van der Waals surface area contributed by atoms with E-state index in [0.717, 1.165) is 17.0 Å². The number of nitrogens with one attached hydrogen (secondary N) is 1. The third kappa shape index (κ3) is 3.69. The summed E-state index contributed by atoms with van der Waals surface area (Å²) in [4.78, 5) is 43.7. The van der Waals surface area contributed by atoms with Gasteiger partial charge >= 0.3 is 12.7 Å². The van der Waals surface area contributed by atoms with E-state index in [0.29, 0.717) is 0 Å². The van der Waals surface area contributed by atoms with Crippen LogP contribution in [-0.4, -0.2) is 34.0 Å². The predicted octanol–water partition coefficient (Wildman–Crippen LogP) is 2.71. The number of urea groups is 1. The minimum absolute atomic E-state index is 0.0474. The summed E-state index contributed by atoms with van der Waals surface area (Å²) in [5.74, 6) is -4.99. The number of pyridine rings is 1. The number of benzene rings is 1. The van der Waals surface area contributed by atoms with Gasteiger partial charge in [-0.25, -0.2) is 23.0 Å². The zero-order valence-corrected chi connectivity index (χ0v) is 14.1. The average molecular weight is 375 g/mol. The molecule has 138 valence electrons. The first kappa shape index (κ1) is 18.6. The van der Waals surface area contributed by atoms with Gasteiger partial charge in [0, 0.05) is 11.8 Å². The molecule has 1 aromatic heterocycles. The number of aliphatic imine (C=N–C) groups is 1. The van der Waals surface area contributed by atoms with Crippen LogP contribution in [-0.2, 0) is 12.9 Å². The first-order valence-electron chi connectivity index (χ1n) is 7.98. The van der Waals surface area contributed by atoms with E-state index in [4.69, 9.17) is 0 Å². The zero-order chi connectivity index (χ0) is 19.7. The maximum Gasteiger partial charge on any atom is 0.348 e. The molecule has 0 saturated carbocycles. The first-order chi connectivity index (χ1) is 12.8. The topological polar surface area (TPSA) is 82.6 Å². The van der Waals surface area contributed by atoms with Crippen LogP contribution in [0, 0.1) is 17.5 Å². The Kier molecular flexibility index (Phi) is 4.98. The lowest BCUT2D eigenvalue weighted by Gasteiger charge is -2.27. The number of aromatic amines is 1. The van der Waals surface area contributed by atoms with Crippen LogP contribution in [0.1, 0.15) is 18.1 Å². The summed E-state index contributed by atoms with van der Waals surface area (Å²) in [5, 5.41) is 0. The van der Waals surface area contributed by atoms with Gasteiger partial charge in [0.25, 0.3) is 5.56 Å². The highest BCUT2D eigenvalue weighted by Gasteiger charge is 2.39. The van der Waals surface area contributed by atoms with Crippen molar-refractivity contribution in [3.8, 4) is 0 Å². The molecule has 0 atom stereocenters. The summed E-state index contributed by atoms with van der Waals surface area (Å²) in [6, 6.07) is 3.77. The second kappa shape index (κ2) is 7.22. The van der Waals surface area contributed by atoms with Crippen molar-refractivity contribution >= 4 is 24.2 Å². The third-order valence-electron chi connectivity index (χ3n) is 4.28. The molecule has 0 aliphatic carbocycles. The fraction of sp³-hybridized carbons (Fsp3) is 0.176. The van der Waals surface area contributed by atoms with Crippen molar-refractivity contribution in [2.75, 3.05) is 0 Å². The van der Waals surface area contributed by atoms with Crippen LogP contribution in [0.3, 0.4) is 0 Å². The lowest BCUT2D eigenvalue weighted by atomic mass is 9.41. The third-order valence-corrected chi connectivity index (χ3v) is 4.28. The van der Waals surface area contributed by atoms with Crippen LogP contribution in [0.15, 0.2) is 40.2 Å². The van der Waals surface area contributed by atoms with Crippen LogP contribution in [0.25, 0.3) is 0 Å². The van der Waals surface area contributed by atoms with Crippen LogP contribution >= 0.6 is 0 Å². The number of hydrogen-bond acceptors (Lipinski definition) is 3. The number of H-pyrrole nitrogens is 1. The lowest BCUT2D eigenvalue weighted by molar-refractivity contribution is 0.202. The molecule has 2 aromatic rings. The van der Waals surface area contributed by atoms with E-state index in [-0.39, 0.29) is 29.6 Å². The maximum atomic E-state index is 13.4. The van der Waals surface area contributed by atoms with Crippen molar-refractivity contribution in [2.24, 2.45) is 4.99 Å². The highest BCUT2D eigenvalue weighted by atomic mass is 19.2. The molecule has 27 heavy (non-hydrogen) atoms. The van der Waals surface area contributed by atoms with E-state index < -0.39 is 41.6 Å². The average Bonchev–Trinajstić information content (AvgIpc) is 2.61. The van der Waals surface area contributed by atoms with Gasteiger partial charge in [-0.1, -0.05) is 6.07 Å². The lowest BCUT2D eigenvalue weighted by Crippen LogP contribution is -2.52. The molecule has 0 fully saturated rings. The van der Waals surface area contributed by atoms with E-state index in [2.05, 4.69) is 9.98 Å². The quantitative estimate of drug-likeness (QED) is 0.659. The second-order valence-electron chi connectivity index (χ2n) is 6.11. The van der Waals surface area contributed by atoms with Gasteiger partial charge < -0.3 is 4.98 Å². The van der Waals surface area contributed by atoms with Crippen LogP contribution in [0.5, 0.6) is 0 Å². The summed E-state index contributed by atoms with van der Waals surface area (Å²) in [6.45, 7) is 0.200. The Balaban J connectivity index is 1.89. The molecule has 10 heteroatoms. The van der Waals surface area contributed by atoms with Gasteiger partial charge in [-0.2, -0.15) is 0 Å². The van der Waals surface area contributed by atoms with Crippen molar-refractivity contribution in [3.05, 3.63) is 69.4 Å². The van der Waals surface area contributed by atoms with E-state index in [1.165, 1.54) is 19.2 Å². The molecule has 6 nitrogen and oxygen atoms in total. The minimum atomic E-state index is -1.60. The van der Waals surface area contributed by atoms with Gasteiger partial charge in [0.15, 0.2) is 23.3 Å². The molecule has 0 spiro atoms. The number of hydrogen-bond donors (Lipinski definition) is 1. The number of rotatable bonds is 4. The van der Waals surface area contributed by atoms with Crippen molar-refractivity contribution < 1.29 is 22.8 Å². The molecule has 3 amide bonds. The normalized spacial score (nSPS) is 14.6. The van der Waals surface area contributed by atoms with Crippen molar-refractivity contribution in [1.82, 2.24) is 9.88 Å². The fourth-order valence-corrected chi connectivity index (χ4v) is 2.84. The second-order valence-corrected chi connectivity index (χ2v) is 6.11. The molecule has 1 aromatic carbocycles. The van der Waals surface area contributed by atoms with Crippen LogP contribution in [0.4, 0.5) is 22.8 Å². The predicted molar refractivity (Wildman–Crippen MR) is 92.3 cm³/mol. The summed E-state index contributed by atoms with van der Waals surface area (Å²) in [5.41, 5.74) is -0.0466. The molecule has 1 N–H and O–H groups in total. The van der Waals surface area contributed by atoms with Gasteiger partial charge in [0.05, 0.1) is 6.54 Å². The molecular weight excluding hydrogens is 362 g/mol. The number of imide groups is 1. The summed E-state index contributed by atoms with van der Waals surface area (Å²) >= 11 is 0. The number of halogens is 3. The number of carbonyl (C=O) groups is 2. The summed E-state index contributed by atoms with van der Waals surface area (Å²) < 4.78 is 40.0. The smallest absolute Gasteiger partial charge is 0.329 e. The molecular formula is C17H13BF3N3O3. The zero-order valence-electron chi connectivity index (χ0n) is 14.1. The number of nitrogens with zero attached hydrogens (tertiary/aromatic N) is 2. The first-order valence-corrected chi connectivity index (χ1v) is 7.98. The van der Waals surface area contributed by atoms with Crippen LogP contribution in [0.2, 0.25) is 0 Å². The van der Waals surface area contributed by atoms with E-state index >= 15 is 0 Å². The Morgan fingerprint density at radius 3 is 2.44 bits per heavy atom. The highest BCUT2D eigenvalue weighted by Crippen LogP contribution is 2.19. The SMILES string of the molecule is CC1=NC(=O)N(Cc2ccc[nH]c2=O)C(=O)B1Cc1cc(F)c(F)c(F)c1. The largest absolute Gasteiger partial charge is 0.348 e. The van der Waals surface area contributed by atoms with Gasteiger partial charge in [-0.05, 0) is 42.6 Å².